The molecule has 1 unspecified atom stereocenters. The van der Waals surface area contributed by atoms with Crippen LogP contribution in [0.5, 0.6) is 0 Å². The van der Waals surface area contributed by atoms with Crippen molar-refractivity contribution in [2.24, 2.45) is 0 Å². The maximum absolute atomic E-state index is 10.7. The highest BCUT2D eigenvalue weighted by Crippen LogP contribution is 2.09. The second kappa shape index (κ2) is 33.1. The molecule has 1 aliphatic heterocycles. The number of carbonyl (C=O) groups is 5. The Hall–Kier alpha value is -4.81. The fourth-order valence-electron chi connectivity index (χ4n) is 2.03. The monoisotopic (exact) mass is 648 g/mol. The van der Waals surface area contributed by atoms with Crippen LogP contribution in [0.4, 0.5) is 0 Å². The van der Waals surface area contributed by atoms with Gasteiger partial charge in [-0.25, -0.2) is 24.0 Å². The molecule has 0 saturated carbocycles. The molecule has 1 heterocycles. The molecule has 0 bridgehead atoms. The van der Waals surface area contributed by atoms with Crippen molar-refractivity contribution in [1.82, 2.24) is 0 Å². The normalized spacial score (nSPS) is 11.3. The molecule has 0 aromatic heterocycles. The number of benzene rings is 1. The first-order valence-electron chi connectivity index (χ1n) is 14.2. The molecule has 0 aliphatic carbocycles. The molecule has 1 atom stereocenters. The first kappa shape index (κ1) is 45.6. The van der Waals surface area contributed by atoms with Crippen LogP contribution in [0.1, 0.15) is 39.2 Å². The van der Waals surface area contributed by atoms with Gasteiger partial charge in [-0.05, 0) is 25.8 Å². The van der Waals surface area contributed by atoms with E-state index >= 15 is 0 Å². The standard InChI is InChI=1S/C10H10O2.C7H10O3.C7H12O2.C5H8O3.C5H8O2/c1-2-10(11)12-8-9-6-4-3-5-7-9;1-5(2)7(8)10-4-6-3-9-6;1-3-5-6-9-7(8)4-2;1-2-5(7)8-4-3-6;1-3-5(6)7-4-2/h2-7H,1,8H2;6H,1,3-4H2,2H3;4H,2-3,5-6H2,1H3;2,6H,1,3-4H2;3H,1,4H2,2H3. The Bertz CT molecular complexity index is 1060. The van der Waals surface area contributed by atoms with Gasteiger partial charge in [-0.3, -0.25) is 0 Å². The summed E-state index contributed by atoms with van der Waals surface area (Å²) < 4.78 is 27.9. The highest BCUT2D eigenvalue weighted by Gasteiger charge is 2.24. The van der Waals surface area contributed by atoms with E-state index in [2.05, 4.69) is 47.1 Å². The van der Waals surface area contributed by atoms with Crippen LogP contribution < -0.4 is 0 Å². The van der Waals surface area contributed by atoms with Gasteiger partial charge in [0, 0.05) is 29.9 Å². The number of hydrogen-bond donors (Lipinski definition) is 1. The molecular formula is C34H48O12. The van der Waals surface area contributed by atoms with Gasteiger partial charge in [-0.15, -0.1) is 0 Å². The van der Waals surface area contributed by atoms with Crippen molar-refractivity contribution in [1.29, 1.82) is 0 Å². The average molecular weight is 649 g/mol. The SMILES string of the molecule is C=C(C)C(=O)OCC1CO1.C=CC(=O)OCC.C=CC(=O)OCCCC.C=CC(=O)OCCO.C=CC(=O)OCc1ccccc1. The van der Waals surface area contributed by atoms with Crippen molar-refractivity contribution in [3.8, 4) is 0 Å². The Morgan fingerprint density at radius 2 is 1.28 bits per heavy atom. The number of ether oxygens (including phenoxy) is 6. The number of rotatable bonds is 15. The summed E-state index contributed by atoms with van der Waals surface area (Å²) in [5.74, 6) is -1.92. The van der Waals surface area contributed by atoms with Crippen molar-refractivity contribution in [2.75, 3.05) is 39.6 Å². The average Bonchev–Trinajstić information content (AvgIpc) is 3.91. The first-order valence-corrected chi connectivity index (χ1v) is 14.2. The number of carbonyl (C=O) groups excluding carboxylic acids is 5. The van der Waals surface area contributed by atoms with Gasteiger partial charge in [0.1, 0.15) is 25.9 Å². The lowest BCUT2D eigenvalue weighted by Crippen LogP contribution is -2.09. The number of unbranched alkanes of at least 4 members (excludes halogenated alkanes) is 1. The summed E-state index contributed by atoms with van der Waals surface area (Å²) in [6.07, 6.45) is 6.64. The van der Waals surface area contributed by atoms with E-state index in [4.69, 9.17) is 19.3 Å². The number of epoxide rings is 1. The fraction of sp³-hybridized carbons (Fsp3) is 0.382. The molecule has 1 saturated heterocycles. The maximum atomic E-state index is 10.7. The van der Waals surface area contributed by atoms with Crippen LogP contribution in [0.15, 0.2) is 93.1 Å². The van der Waals surface area contributed by atoms with Crippen molar-refractivity contribution < 1.29 is 57.5 Å². The van der Waals surface area contributed by atoms with Gasteiger partial charge in [0.2, 0.25) is 0 Å². The summed E-state index contributed by atoms with van der Waals surface area (Å²) in [6, 6.07) is 9.51. The van der Waals surface area contributed by atoms with Crippen LogP contribution >= 0.6 is 0 Å². The van der Waals surface area contributed by atoms with E-state index < -0.39 is 5.97 Å². The van der Waals surface area contributed by atoms with Crippen LogP contribution in [0, 0.1) is 0 Å². The molecule has 1 aromatic carbocycles. The lowest BCUT2D eigenvalue weighted by molar-refractivity contribution is -0.140. The molecule has 1 N–H and O–H groups in total. The van der Waals surface area contributed by atoms with E-state index in [1.165, 1.54) is 6.08 Å². The summed E-state index contributed by atoms with van der Waals surface area (Å²) in [7, 11) is 0. The molecule has 2 rings (SSSR count). The zero-order valence-electron chi connectivity index (χ0n) is 27.1. The predicted octanol–water partition coefficient (Wildman–Crippen LogP) is 4.38. The van der Waals surface area contributed by atoms with E-state index in [1.807, 2.05) is 37.3 Å². The lowest BCUT2D eigenvalue weighted by atomic mass is 10.2. The third-order valence-corrected chi connectivity index (χ3v) is 4.41. The van der Waals surface area contributed by atoms with Gasteiger partial charge in [-0.2, -0.15) is 0 Å². The third kappa shape index (κ3) is 35.4. The van der Waals surface area contributed by atoms with Crippen LogP contribution in [0.3, 0.4) is 0 Å². The van der Waals surface area contributed by atoms with Gasteiger partial charge in [0.15, 0.2) is 0 Å². The Balaban J connectivity index is -0.000000510. The second-order valence-corrected chi connectivity index (χ2v) is 8.41. The Morgan fingerprint density at radius 3 is 1.67 bits per heavy atom. The summed E-state index contributed by atoms with van der Waals surface area (Å²) in [5, 5.41) is 8.10. The fourth-order valence-corrected chi connectivity index (χ4v) is 2.03. The van der Waals surface area contributed by atoms with E-state index in [-0.39, 0.29) is 43.2 Å². The third-order valence-electron chi connectivity index (χ3n) is 4.41. The van der Waals surface area contributed by atoms with Gasteiger partial charge in [0.05, 0.1) is 26.4 Å². The van der Waals surface area contributed by atoms with Crippen molar-refractivity contribution >= 4 is 29.8 Å². The largest absolute Gasteiger partial charge is 0.463 e. The summed E-state index contributed by atoms with van der Waals surface area (Å²) in [5.41, 5.74) is 1.41. The number of aliphatic hydroxyl groups excluding tert-OH is 1. The van der Waals surface area contributed by atoms with Gasteiger partial charge < -0.3 is 33.5 Å². The van der Waals surface area contributed by atoms with Crippen LogP contribution in [-0.2, 0) is 59.0 Å². The topological polar surface area (TPSA) is 164 Å². The lowest BCUT2D eigenvalue weighted by Gasteiger charge is -2.00. The molecule has 0 radical (unpaired) electrons. The zero-order chi connectivity index (χ0) is 35.6. The minimum atomic E-state index is -0.501. The van der Waals surface area contributed by atoms with Gasteiger partial charge in [-0.1, -0.05) is 76.6 Å². The smallest absolute Gasteiger partial charge is 0.333 e. The highest BCUT2D eigenvalue weighted by molar-refractivity contribution is 5.87. The minimum Gasteiger partial charge on any atom is -0.463 e. The zero-order valence-corrected chi connectivity index (χ0v) is 27.1. The van der Waals surface area contributed by atoms with Crippen LogP contribution in [0.2, 0.25) is 0 Å². The quantitative estimate of drug-likeness (QED) is 0.0940. The Kier molecular flexibility index (Phi) is 32.8. The van der Waals surface area contributed by atoms with Crippen molar-refractivity contribution in [3.05, 3.63) is 98.7 Å². The molecule has 0 amide bonds. The predicted molar refractivity (Wildman–Crippen MR) is 173 cm³/mol. The van der Waals surface area contributed by atoms with Crippen molar-refractivity contribution in [2.45, 2.75) is 46.3 Å². The first-order chi connectivity index (χ1) is 21.9. The number of aliphatic hydroxyl groups is 1. The summed E-state index contributed by atoms with van der Waals surface area (Å²) in [4.78, 5) is 51.9. The van der Waals surface area contributed by atoms with E-state index in [1.54, 1.807) is 13.8 Å². The van der Waals surface area contributed by atoms with Crippen molar-refractivity contribution in [3.63, 3.8) is 0 Å². The molecule has 1 aliphatic rings. The van der Waals surface area contributed by atoms with E-state index in [0.29, 0.717) is 38.6 Å². The van der Waals surface area contributed by atoms with Crippen LogP contribution in [0.25, 0.3) is 0 Å². The molecule has 1 fully saturated rings. The molecule has 12 nitrogen and oxygen atoms in total. The molecular weight excluding hydrogens is 600 g/mol. The van der Waals surface area contributed by atoms with E-state index in [0.717, 1.165) is 36.6 Å². The number of hydrogen-bond acceptors (Lipinski definition) is 12. The summed E-state index contributed by atoms with van der Waals surface area (Å²) >= 11 is 0. The second-order valence-electron chi connectivity index (χ2n) is 8.41. The Morgan fingerprint density at radius 1 is 0.804 bits per heavy atom. The Labute approximate surface area is 272 Å². The molecule has 12 heteroatoms. The van der Waals surface area contributed by atoms with Gasteiger partial charge in [0.25, 0.3) is 0 Å². The maximum Gasteiger partial charge on any atom is 0.333 e. The minimum absolute atomic E-state index is 0.0465. The molecule has 256 valence electrons. The molecule has 1 aromatic rings. The highest BCUT2D eigenvalue weighted by atomic mass is 16.6. The van der Waals surface area contributed by atoms with E-state index in [9.17, 15) is 24.0 Å². The summed E-state index contributed by atoms with van der Waals surface area (Å²) in [6.45, 7) is 24.0. The molecule has 46 heavy (non-hydrogen) atoms. The number of esters is 5. The molecule has 0 spiro atoms. The van der Waals surface area contributed by atoms with Gasteiger partial charge >= 0.3 is 29.8 Å². The van der Waals surface area contributed by atoms with Crippen LogP contribution in [-0.4, -0.2) is 80.7 Å².